The van der Waals surface area contributed by atoms with E-state index in [9.17, 15) is 0 Å². The zero-order valence-electron chi connectivity index (χ0n) is 23.0. The van der Waals surface area contributed by atoms with E-state index in [1.54, 1.807) is 12.1 Å². The molecule has 10 heteroatoms. The Bertz CT molecular complexity index is 1320. The van der Waals surface area contributed by atoms with E-state index in [2.05, 4.69) is 94.3 Å². The lowest BCUT2D eigenvalue weighted by molar-refractivity contribution is 0.236. The van der Waals surface area contributed by atoms with Gasteiger partial charge in [-0.05, 0) is 68.5 Å². The molecule has 4 N–H and O–H groups in total. The summed E-state index contributed by atoms with van der Waals surface area (Å²) in [5.74, 6) is 0.649. The van der Waals surface area contributed by atoms with Crippen LogP contribution in [0, 0.1) is 0 Å². The monoisotopic (exact) mass is 597 g/mol. The number of benzene rings is 3. The third kappa shape index (κ3) is 8.35. The molecule has 3 aromatic carbocycles. The number of nitrogens with zero attached hydrogens (tertiary/aromatic N) is 5. The number of hydrogen-bond acceptors (Lipinski definition) is 8. The third-order valence-corrected chi connectivity index (χ3v) is 7.50. The van der Waals surface area contributed by atoms with Gasteiger partial charge in [-0.3, -0.25) is 4.90 Å². The van der Waals surface area contributed by atoms with Gasteiger partial charge in [-0.2, -0.15) is 5.11 Å². The summed E-state index contributed by atoms with van der Waals surface area (Å²) in [5.41, 5.74) is 15.1. The predicted molar refractivity (Wildman–Crippen MR) is 175 cm³/mol. The number of pyridine rings is 1. The second kappa shape index (κ2) is 16.1. The van der Waals surface area contributed by atoms with Gasteiger partial charge in [0.15, 0.2) is 5.82 Å². The molecular weight excluding hydrogens is 561 g/mol. The fourth-order valence-corrected chi connectivity index (χ4v) is 5.47. The Morgan fingerprint density at radius 3 is 1.88 bits per heavy atom. The molecule has 0 bridgehead atoms. The van der Waals surface area contributed by atoms with E-state index in [-0.39, 0.29) is 30.6 Å². The van der Waals surface area contributed by atoms with Crippen LogP contribution in [-0.4, -0.2) is 35.6 Å². The zero-order valence-corrected chi connectivity index (χ0v) is 25.4. The molecular formula is C30H37Cl2N7S. The van der Waals surface area contributed by atoms with Crippen LogP contribution in [0.15, 0.2) is 111 Å². The summed E-state index contributed by atoms with van der Waals surface area (Å²) < 4.78 is 0. The average molecular weight is 599 g/mol. The molecule has 0 fully saturated rings. The minimum Gasteiger partial charge on any atom is -0.384 e. The molecule has 1 atom stereocenters. The van der Waals surface area contributed by atoms with E-state index < -0.39 is 0 Å². The van der Waals surface area contributed by atoms with Gasteiger partial charge in [-0.1, -0.05) is 68.1 Å². The van der Waals surface area contributed by atoms with Gasteiger partial charge in [-0.25, -0.2) is 4.98 Å². The maximum atomic E-state index is 5.64. The van der Waals surface area contributed by atoms with E-state index >= 15 is 0 Å². The Labute approximate surface area is 253 Å². The van der Waals surface area contributed by atoms with Gasteiger partial charge in [0.25, 0.3) is 0 Å². The Hall–Kier alpha value is -3.30. The van der Waals surface area contributed by atoms with Crippen LogP contribution < -0.4 is 16.4 Å². The molecule has 0 spiro atoms. The van der Waals surface area contributed by atoms with Crippen molar-refractivity contribution in [3.8, 4) is 0 Å². The number of likely N-dealkylation sites (N-methyl/N-ethyl adjacent to an activating group) is 1. The number of azo groups is 1. The van der Waals surface area contributed by atoms with Crippen LogP contribution in [0.4, 0.5) is 34.4 Å². The highest BCUT2D eigenvalue weighted by Gasteiger charge is 2.25. The lowest BCUT2D eigenvalue weighted by Crippen LogP contribution is -2.41. The van der Waals surface area contributed by atoms with Gasteiger partial charge in [0.1, 0.15) is 11.5 Å². The topological polar surface area (TPSA) is 96.1 Å². The van der Waals surface area contributed by atoms with E-state index in [0.29, 0.717) is 17.5 Å². The molecule has 1 aliphatic rings. The minimum absolute atomic E-state index is 0. The second-order valence-corrected chi connectivity index (χ2v) is 9.98. The van der Waals surface area contributed by atoms with Gasteiger partial charge >= 0.3 is 0 Å². The predicted octanol–water partition coefficient (Wildman–Crippen LogP) is 8.52. The van der Waals surface area contributed by atoms with Gasteiger partial charge in [0.05, 0.1) is 17.1 Å². The number of hydrogen-bond donors (Lipinski definition) is 2. The van der Waals surface area contributed by atoms with Gasteiger partial charge in [-0.15, -0.1) is 29.9 Å². The number of para-hydroxylation sites is 2. The Morgan fingerprint density at radius 2 is 1.32 bits per heavy atom. The molecule has 1 aliphatic heterocycles. The van der Waals surface area contributed by atoms with Crippen molar-refractivity contribution in [3.63, 3.8) is 0 Å². The molecule has 1 unspecified atom stereocenters. The Balaban J connectivity index is 0.000000279. The number of nitrogens with two attached hydrogens (primary N) is 2. The van der Waals surface area contributed by atoms with Crippen molar-refractivity contribution in [1.82, 2.24) is 9.88 Å². The molecule has 0 saturated heterocycles. The highest BCUT2D eigenvalue weighted by Crippen LogP contribution is 2.47. The lowest BCUT2D eigenvalue weighted by atomic mass is 10.1. The fraction of sp³-hybridized carbons (Fsp3) is 0.233. The molecule has 212 valence electrons. The maximum Gasteiger partial charge on any atom is 0.153 e. The first-order valence-electron chi connectivity index (χ1n) is 12.9. The third-order valence-electron chi connectivity index (χ3n) is 6.37. The second-order valence-electron chi connectivity index (χ2n) is 8.89. The molecule has 0 radical (unpaired) electrons. The van der Waals surface area contributed by atoms with E-state index in [1.807, 2.05) is 42.1 Å². The van der Waals surface area contributed by atoms with Crippen LogP contribution in [0.25, 0.3) is 0 Å². The lowest BCUT2D eigenvalue weighted by Gasteiger charge is -2.37. The summed E-state index contributed by atoms with van der Waals surface area (Å²) in [6.45, 7) is 10.0. The smallest absolute Gasteiger partial charge is 0.153 e. The van der Waals surface area contributed by atoms with E-state index in [4.69, 9.17) is 11.5 Å². The molecule has 0 saturated carbocycles. The van der Waals surface area contributed by atoms with Crippen molar-refractivity contribution in [2.75, 3.05) is 36.0 Å². The number of halogens is 2. The summed E-state index contributed by atoms with van der Waals surface area (Å²) in [6.07, 6.45) is 0. The highest BCUT2D eigenvalue weighted by atomic mass is 35.5. The van der Waals surface area contributed by atoms with Crippen molar-refractivity contribution >= 4 is 71.0 Å². The summed E-state index contributed by atoms with van der Waals surface area (Å²) in [5, 5.41) is 8.03. The summed E-state index contributed by atoms with van der Waals surface area (Å²) >= 11 is 1.88. The normalized spacial score (nSPS) is 12.3. The number of anilines is 4. The molecule has 0 amide bonds. The van der Waals surface area contributed by atoms with Gasteiger partial charge in [0, 0.05) is 22.4 Å². The van der Waals surface area contributed by atoms with Crippen molar-refractivity contribution < 1.29 is 0 Å². The minimum atomic E-state index is 0. The fourth-order valence-electron chi connectivity index (χ4n) is 4.38. The number of nitrogen functional groups attached to an aromatic ring is 2. The van der Waals surface area contributed by atoms with Crippen LogP contribution in [0.3, 0.4) is 0 Å². The summed E-state index contributed by atoms with van der Waals surface area (Å²) in [7, 11) is 0. The van der Waals surface area contributed by atoms with Crippen LogP contribution >= 0.6 is 36.6 Å². The molecule has 5 rings (SSSR count). The first kappa shape index (κ1) is 32.9. The molecule has 4 aromatic rings. The van der Waals surface area contributed by atoms with Crippen molar-refractivity contribution in [3.05, 3.63) is 91.0 Å². The molecule has 1 aromatic heterocycles. The first-order chi connectivity index (χ1) is 18.5. The van der Waals surface area contributed by atoms with E-state index in [0.717, 1.165) is 25.3 Å². The van der Waals surface area contributed by atoms with Crippen molar-refractivity contribution in [2.24, 2.45) is 10.2 Å². The first-order valence-corrected chi connectivity index (χ1v) is 13.7. The van der Waals surface area contributed by atoms with E-state index in [1.165, 1.54) is 21.2 Å². The van der Waals surface area contributed by atoms with Crippen LogP contribution in [0.2, 0.25) is 0 Å². The average Bonchev–Trinajstić information content (AvgIpc) is 2.94. The number of aromatic nitrogens is 1. The summed E-state index contributed by atoms with van der Waals surface area (Å²) in [6, 6.07) is 30.7. The largest absolute Gasteiger partial charge is 0.384 e. The number of fused-ring (bicyclic) bond motifs is 2. The van der Waals surface area contributed by atoms with Crippen LogP contribution in [-0.2, 0) is 0 Å². The SMILES string of the molecule is CCN(CC)C(C)CN1c2ccccc2Sc2ccccc21.Cl.Cl.Nc1ccc(N=Nc2ccccc2)c(N)n1. The standard InChI is InChI=1S/C19H24N2S.C11H11N5.2ClH/c1-4-20(5-2)15(3)14-21-16-10-6-8-12-18(16)22-19-13-9-7-11-17(19)21;12-10-7-6-9(11(13)14-10)16-15-8-4-2-1-3-5-8;;/h6-13,15H,4-5,14H2,1-3H3;1-7H,(H4,12,13,14);2*1H. The Kier molecular flexibility index (Phi) is 13.2. The Morgan fingerprint density at radius 1 is 0.775 bits per heavy atom. The highest BCUT2D eigenvalue weighted by molar-refractivity contribution is 7.99. The van der Waals surface area contributed by atoms with Gasteiger partial charge in [0.2, 0.25) is 0 Å². The van der Waals surface area contributed by atoms with Crippen LogP contribution in [0.5, 0.6) is 0 Å². The molecule has 40 heavy (non-hydrogen) atoms. The quantitative estimate of drug-likeness (QED) is 0.207. The molecule has 7 nitrogen and oxygen atoms in total. The zero-order chi connectivity index (χ0) is 26.9. The van der Waals surface area contributed by atoms with Crippen molar-refractivity contribution in [2.45, 2.75) is 36.6 Å². The van der Waals surface area contributed by atoms with Crippen LogP contribution in [0.1, 0.15) is 20.8 Å². The van der Waals surface area contributed by atoms with Gasteiger partial charge < -0.3 is 16.4 Å². The van der Waals surface area contributed by atoms with Crippen molar-refractivity contribution in [1.29, 1.82) is 0 Å². The molecule has 0 aliphatic carbocycles. The number of rotatable bonds is 7. The summed E-state index contributed by atoms with van der Waals surface area (Å²) in [4.78, 5) is 11.6. The maximum absolute atomic E-state index is 5.64. The molecule has 2 heterocycles.